The maximum atomic E-state index is 9.52. The first-order chi connectivity index (χ1) is 7.81. The van der Waals surface area contributed by atoms with Crippen LogP contribution < -0.4 is 10.2 Å². The largest absolute Gasteiger partial charge is 0.508 e. The second-order valence-electron chi connectivity index (χ2n) is 4.36. The number of nitrogens with one attached hydrogen (secondary N) is 1. The van der Waals surface area contributed by atoms with Crippen LogP contribution in [0.2, 0.25) is 0 Å². The quantitative estimate of drug-likeness (QED) is 0.817. The van der Waals surface area contributed by atoms with Gasteiger partial charge in [0.2, 0.25) is 0 Å². The lowest BCUT2D eigenvalue weighted by molar-refractivity contribution is 0.447. The van der Waals surface area contributed by atoms with Gasteiger partial charge in [-0.25, -0.2) is 0 Å². The first-order valence-corrected chi connectivity index (χ1v) is 6.07. The summed E-state index contributed by atoms with van der Waals surface area (Å²) >= 11 is 0. The summed E-state index contributed by atoms with van der Waals surface area (Å²) in [6.45, 7) is 5.31. The molecule has 3 nitrogen and oxygen atoms in total. The van der Waals surface area contributed by atoms with E-state index in [4.69, 9.17) is 0 Å². The van der Waals surface area contributed by atoms with Crippen molar-refractivity contribution in [3.63, 3.8) is 0 Å². The standard InChI is InChI=1S/C13H20N2O/c1-2-4-12-10-14-7-8-15(12)11-5-3-6-13(16)9-11/h3,5-6,9,12,14,16H,2,4,7-8,10H2,1H3. The monoisotopic (exact) mass is 220 g/mol. The van der Waals surface area contributed by atoms with E-state index < -0.39 is 0 Å². The van der Waals surface area contributed by atoms with Gasteiger partial charge in [-0.2, -0.15) is 0 Å². The number of hydrogen-bond donors (Lipinski definition) is 2. The summed E-state index contributed by atoms with van der Waals surface area (Å²) in [5.41, 5.74) is 1.14. The van der Waals surface area contributed by atoms with Crippen molar-refractivity contribution in [1.82, 2.24) is 5.32 Å². The zero-order chi connectivity index (χ0) is 11.4. The predicted molar refractivity (Wildman–Crippen MR) is 67.0 cm³/mol. The average Bonchev–Trinajstić information content (AvgIpc) is 2.30. The molecule has 16 heavy (non-hydrogen) atoms. The Kier molecular flexibility index (Phi) is 3.67. The highest BCUT2D eigenvalue weighted by Gasteiger charge is 2.21. The van der Waals surface area contributed by atoms with E-state index in [-0.39, 0.29) is 0 Å². The van der Waals surface area contributed by atoms with Crippen molar-refractivity contribution >= 4 is 5.69 Å². The van der Waals surface area contributed by atoms with E-state index in [2.05, 4.69) is 23.2 Å². The highest BCUT2D eigenvalue weighted by atomic mass is 16.3. The summed E-state index contributed by atoms with van der Waals surface area (Å²) in [6.07, 6.45) is 2.39. The smallest absolute Gasteiger partial charge is 0.117 e. The number of nitrogens with zero attached hydrogens (tertiary/aromatic N) is 1. The van der Waals surface area contributed by atoms with Gasteiger partial charge in [-0.05, 0) is 18.6 Å². The van der Waals surface area contributed by atoms with Gasteiger partial charge >= 0.3 is 0 Å². The van der Waals surface area contributed by atoms with E-state index in [1.54, 1.807) is 6.07 Å². The van der Waals surface area contributed by atoms with Crippen molar-refractivity contribution in [3.05, 3.63) is 24.3 Å². The Bertz CT molecular complexity index is 338. The zero-order valence-electron chi connectivity index (χ0n) is 9.82. The third kappa shape index (κ3) is 2.47. The molecular formula is C13H20N2O. The van der Waals surface area contributed by atoms with Crippen LogP contribution in [0.5, 0.6) is 5.75 Å². The van der Waals surface area contributed by atoms with Crippen molar-refractivity contribution in [3.8, 4) is 5.75 Å². The van der Waals surface area contributed by atoms with Crippen LogP contribution in [0.15, 0.2) is 24.3 Å². The minimum absolute atomic E-state index is 0.353. The second kappa shape index (κ2) is 5.21. The summed E-state index contributed by atoms with van der Waals surface area (Å²) in [4.78, 5) is 2.40. The molecule has 2 N–H and O–H groups in total. The normalized spacial score (nSPS) is 21.1. The zero-order valence-corrected chi connectivity index (χ0v) is 9.82. The molecule has 1 fully saturated rings. The van der Waals surface area contributed by atoms with E-state index in [1.807, 2.05) is 12.1 Å². The van der Waals surface area contributed by atoms with Crippen LogP contribution in [-0.4, -0.2) is 30.8 Å². The molecule has 1 aliphatic rings. The highest BCUT2D eigenvalue weighted by molar-refractivity contribution is 5.51. The average molecular weight is 220 g/mol. The summed E-state index contributed by atoms with van der Waals surface area (Å²) in [5, 5.41) is 12.9. The summed E-state index contributed by atoms with van der Waals surface area (Å²) in [6, 6.07) is 8.12. The van der Waals surface area contributed by atoms with E-state index in [0.29, 0.717) is 11.8 Å². The number of phenolic OH excluding ortho intramolecular Hbond substituents is 1. The van der Waals surface area contributed by atoms with Gasteiger partial charge in [0.25, 0.3) is 0 Å². The molecule has 88 valence electrons. The number of rotatable bonds is 3. The Morgan fingerprint density at radius 1 is 1.50 bits per heavy atom. The topological polar surface area (TPSA) is 35.5 Å². The molecule has 1 aromatic carbocycles. The molecule has 3 heteroatoms. The molecular weight excluding hydrogens is 200 g/mol. The molecule has 0 spiro atoms. The second-order valence-corrected chi connectivity index (χ2v) is 4.36. The molecule has 0 aromatic heterocycles. The fourth-order valence-electron chi connectivity index (χ4n) is 2.36. The molecule has 0 aliphatic carbocycles. The van der Waals surface area contributed by atoms with E-state index >= 15 is 0 Å². The van der Waals surface area contributed by atoms with Gasteiger partial charge in [0.05, 0.1) is 0 Å². The molecule has 0 amide bonds. The minimum atomic E-state index is 0.353. The summed E-state index contributed by atoms with van der Waals surface area (Å²) in [5.74, 6) is 0.353. The maximum absolute atomic E-state index is 9.52. The van der Waals surface area contributed by atoms with E-state index in [1.165, 1.54) is 12.8 Å². The Morgan fingerprint density at radius 2 is 2.38 bits per heavy atom. The lowest BCUT2D eigenvalue weighted by atomic mass is 10.1. The molecule has 1 atom stereocenters. The fourth-order valence-corrected chi connectivity index (χ4v) is 2.36. The summed E-state index contributed by atoms with van der Waals surface area (Å²) in [7, 11) is 0. The van der Waals surface area contributed by atoms with Gasteiger partial charge in [-0.1, -0.05) is 19.4 Å². The van der Waals surface area contributed by atoms with Crippen molar-refractivity contribution in [2.45, 2.75) is 25.8 Å². The molecule has 0 bridgehead atoms. The molecule has 0 saturated carbocycles. The number of phenols is 1. The maximum Gasteiger partial charge on any atom is 0.117 e. The third-order valence-electron chi connectivity index (χ3n) is 3.13. The van der Waals surface area contributed by atoms with Crippen molar-refractivity contribution in [2.24, 2.45) is 0 Å². The first-order valence-electron chi connectivity index (χ1n) is 6.07. The molecule has 1 saturated heterocycles. The van der Waals surface area contributed by atoms with Gasteiger partial charge in [-0.15, -0.1) is 0 Å². The number of benzene rings is 1. The van der Waals surface area contributed by atoms with E-state index in [0.717, 1.165) is 25.3 Å². The number of anilines is 1. The Hall–Kier alpha value is -1.22. The SMILES string of the molecule is CCCC1CNCCN1c1cccc(O)c1. The van der Waals surface area contributed by atoms with Crippen LogP contribution in [0, 0.1) is 0 Å². The molecule has 0 radical (unpaired) electrons. The minimum Gasteiger partial charge on any atom is -0.508 e. The lowest BCUT2D eigenvalue weighted by Gasteiger charge is -2.38. The van der Waals surface area contributed by atoms with E-state index in [9.17, 15) is 5.11 Å². The predicted octanol–water partition coefficient (Wildman–Crippen LogP) is 1.97. The van der Waals surface area contributed by atoms with Crippen molar-refractivity contribution < 1.29 is 5.11 Å². The number of piperazine rings is 1. The van der Waals surface area contributed by atoms with Gasteiger partial charge in [0, 0.05) is 37.4 Å². The van der Waals surface area contributed by atoms with Crippen molar-refractivity contribution in [1.29, 1.82) is 0 Å². The molecule has 1 aliphatic heterocycles. The Morgan fingerprint density at radius 3 is 3.12 bits per heavy atom. The fraction of sp³-hybridized carbons (Fsp3) is 0.538. The number of aromatic hydroxyl groups is 1. The van der Waals surface area contributed by atoms with Gasteiger partial charge in [0.15, 0.2) is 0 Å². The van der Waals surface area contributed by atoms with Crippen molar-refractivity contribution in [2.75, 3.05) is 24.5 Å². The molecule has 1 heterocycles. The molecule has 2 rings (SSSR count). The van der Waals surface area contributed by atoms with Crippen LogP contribution in [0.25, 0.3) is 0 Å². The van der Waals surface area contributed by atoms with Crippen LogP contribution in [-0.2, 0) is 0 Å². The Labute approximate surface area is 97.1 Å². The van der Waals surface area contributed by atoms with Crippen LogP contribution in [0.4, 0.5) is 5.69 Å². The van der Waals surface area contributed by atoms with Crippen LogP contribution in [0.1, 0.15) is 19.8 Å². The van der Waals surface area contributed by atoms with Gasteiger partial charge in [-0.3, -0.25) is 0 Å². The first kappa shape index (κ1) is 11.3. The third-order valence-corrected chi connectivity index (χ3v) is 3.13. The summed E-state index contributed by atoms with van der Waals surface area (Å²) < 4.78 is 0. The number of hydrogen-bond acceptors (Lipinski definition) is 3. The van der Waals surface area contributed by atoms with Gasteiger partial charge in [0.1, 0.15) is 5.75 Å². The van der Waals surface area contributed by atoms with Crippen LogP contribution >= 0.6 is 0 Å². The Balaban J connectivity index is 2.16. The lowest BCUT2D eigenvalue weighted by Crippen LogP contribution is -2.51. The highest BCUT2D eigenvalue weighted by Crippen LogP contribution is 2.24. The van der Waals surface area contributed by atoms with Crippen LogP contribution in [0.3, 0.4) is 0 Å². The van der Waals surface area contributed by atoms with Gasteiger partial charge < -0.3 is 15.3 Å². The molecule has 1 unspecified atom stereocenters. The molecule has 1 aromatic rings.